The molecule has 7 rings (SSSR count). The van der Waals surface area contributed by atoms with Gasteiger partial charge in [-0.3, -0.25) is 18.1 Å². The van der Waals surface area contributed by atoms with Gasteiger partial charge in [0.2, 0.25) is 5.79 Å². The van der Waals surface area contributed by atoms with Gasteiger partial charge in [-0.05, 0) is 0 Å². The van der Waals surface area contributed by atoms with Gasteiger partial charge in [0.15, 0.2) is 37.6 Å². The molecule has 7 heterocycles. The van der Waals surface area contributed by atoms with Crippen LogP contribution < -0.4 is 11.5 Å². The number of aliphatic hydroxyl groups is 17. The van der Waals surface area contributed by atoms with E-state index in [9.17, 15) is 164 Å². The Balaban J connectivity index is 1.32. The van der Waals surface area contributed by atoms with E-state index in [0.717, 1.165) is 0 Å². The molecule has 31 N–H and O–H groups in total. The average molecular weight is 1570 g/mol. The predicted octanol–water partition coefficient (Wildman–Crippen LogP) is -16.6. The molecule has 7 aliphatic rings. The Kier molecular flexibility index (Phi) is 29.4. The number of hydrogen-bond acceptors (Lipinski definition) is 42. The summed E-state index contributed by atoms with van der Waals surface area (Å²) in [6.07, 6.45) is -81.1. The van der Waals surface area contributed by atoms with Crippen LogP contribution >= 0.6 is 31.3 Å². The van der Waals surface area contributed by atoms with Gasteiger partial charge >= 0.3 is 43.2 Å². The number of rotatable bonds is 31. The highest BCUT2D eigenvalue weighted by molar-refractivity contribution is 7.47. The Morgan fingerprint density at radius 1 is 0.475 bits per heavy atom. The summed E-state index contributed by atoms with van der Waals surface area (Å²) in [5.74, 6) is -11.3. The number of carboxylic acid groups (broad SMARTS) is 2. The van der Waals surface area contributed by atoms with Gasteiger partial charge in [-0.2, -0.15) is 0 Å². The third-order valence-corrected chi connectivity index (χ3v) is 18.7. The van der Waals surface area contributed by atoms with Gasteiger partial charge in [0.05, 0.1) is 51.7 Å². The lowest BCUT2D eigenvalue weighted by atomic mass is 9.91. The maximum atomic E-state index is 13.7. The third kappa shape index (κ3) is 20.1. The fraction of sp³-hybridized carbons (Fsp3) is 0.956. The van der Waals surface area contributed by atoms with Crippen molar-refractivity contribution >= 4 is 43.2 Å². The number of hydrogen-bond donors (Lipinski definition) is 29. The molecule has 0 aliphatic carbocycles. The normalized spacial score (nSPS) is 45.2. The Hall–Kier alpha value is -1.90. The monoisotopic (exact) mass is 1570 g/mol. The fourth-order valence-corrected chi connectivity index (χ4v) is 14.0. The van der Waals surface area contributed by atoms with E-state index < -0.39 is 310 Å². The van der Waals surface area contributed by atoms with Gasteiger partial charge in [-0.1, -0.05) is 0 Å². The first-order valence-corrected chi connectivity index (χ1v) is 35.5. The first-order valence-electron chi connectivity index (χ1n) is 29.4. The first kappa shape index (κ1) is 86.3. The molecule has 590 valence electrons. The second-order valence-corrected chi connectivity index (χ2v) is 28.4. The summed E-state index contributed by atoms with van der Waals surface area (Å²) in [7, 11) is -24.6. The minimum atomic E-state index is -6.44. The quantitative estimate of drug-likeness (QED) is 0.0287. The summed E-state index contributed by atoms with van der Waals surface area (Å²) in [6.45, 7) is -9.73. The zero-order valence-corrected chi connectivity index (χ0v) is 54.7. The highest BCUT2D eigenvalue weighted by Crippen LogP contribution is 2.51. The summed E-state index contributed by atoms with van der Waals surface area (Å²) >= 11 is 0. The van der Waals surface area contributed by atoms with Crippen LogP contribution in [0.4, 0.5) is 0 Å². The zero-order chi connectivity index (χ0) is 75.9. The number of aliphatic hydroxyl groups excluding tert-OH is 17. The van der Waals surface area contributed by atoms with Crippen molar-refractivity contribution in [2.24, 2.45) is 11.5 Å². The van der Waals surface area contributed by atoms with Gasteiger partial charge < -0.3 is 209 Å². The van der Waals surface area contributed by atoms with Crippen molar-refractivity contribution in [2.75, 3.05) is 46.2 Å². The van der Waals surface area contributed by atoms with Crippen LogP contribution in [-0.4, -0.2) is 408 Å². The Morgan fingerprint density at radius 2 is 1.01 bits per heavy atom. The van der Waals surface area contributed by atoms with Gasteiger partial charge in [0, 0.05) is 6.42 Å². The highest BCUT2D eigenvalue weighted by Gasteiger charge is 2.65. The molecule has 52 nitrogen and oxygen atoms in total. The largest absolute Gasteiger partial charge is 0.479 e. The Labute approximate surface area is 563 Å². The van der Waals surface area contributed by atoms with E-state index in [1.807, 2.05) is 0 Å². The molecule has 7 saturated heterocycles. The molecule has 101 heavy (non-hydrogen) atoms. The summed E-state index contributed by atoms with van der Waals surface area (Å²) < 4.78 is 143. The molecular formula is C45H80N2O50P4. The van der Waals surface area contributed by atoms with Crippen molar-refractivity contribution in [3.05, 3.63) is 0 Å². The van der Waals surface area contributed by atoms with E-state index in [2.05, 4.69) is 4.52 Å². The molecule has 0 spiro atoms. The second-order valence-electron chi connectivity index (χ2n) is 23.6. The van der Waals surface area contributed by atoms with Crippen LogP contribution in [0.15, 0.2) is 0 Å². The number of phosphoric ester groups is 4. The average Bonchev–Trinajstić information content (AvgIpc) is 1.43. The van der Waals surface area contributed by atoms with Crippen LogP contribution in [0, 0.1) is 0 Å². The number of carboxylic acids is 2. The van der Waals surface area contributed by atoms with E-state index in [1.165, 1.54) is 0 Å². The number of aliphatic carboxylic acids is 2. The summed E-state index contributed by atoms with van der Waals surface area (Å²) in [6, 6.07) is -3.55. The lowest BCUT2D eigenvalue weighted by Gasteiger charge is -2.52. The lowest BCUT2D eigenvalue weighted by Crippen LogP contribution is -2.70. The predicted molar refractivity (Wildman–Crippen MR) is 297 cm³/mol. The molecule has 7 fully saturated rings. The molecule has 0 radical (unpaired) electrons. The van der Waals surface area contributed by atoms with Crippen LogP contribution in [0.1, 0.15) is 6.42 Å². The molecule has 7 aliphatic heterocycles. The van der Waals surface area contributed by atoms with Crippen LogP contribution in [0.5, 0.6) is 0 Å². The van der Waals surface area contributed by atoms with Crippen molar-refractivity contribution in [1.82, 2.24) is 0 Å². The molecule has 0 unspecified atom stereocenters. The van der Waals surface area contributed by atoms with Gasteiger partial charge in [0.25, 0.3) is 5.79 Å². The third-order valence-electron chi connectivity index (χ3n) is 16.6. The zero-order valence-electron chi connectivity index (χ0n) is 51.1. The summed E-state index contributed by atoms with van der Waals surface area (Å²) in [5, 5.41) is 205. The second kappa shape index (κ2) is 34.3. The molecule has 0 aromatic heterocycles. The Bertz CT molecular complexity index is 2920. The first-order chi connectivity index (χ1) is 46.7. The summed E-state index contributed by atoms with van der Waals surface area (Å²) in [5.41, 5.74) is 11.7. The van der Waals surface area contributed by atoms with Gasteiger partial charge in [-0.25, -0.2) is 27.8 Å². The van der Waals surface area contributed by atoms with Crippen LogP contribution in [-0.2, 0) is 108 Å². The maximum absolute atomic E-state index is 13.7. The molecular weight excluding hydrogens is 1490 g/mol. The smallest absolute Gasteiger partial charge is 0.470 e. The van der Waals surface area contributed by atoms with Crippen molar-refractivity contribution in [1.29, 1.82) is 0 Å². The Morgan fingerprint density at radius 3 is 1.54 bits per heavy atom. The van der Waals surface area contributed by atoms with Gasteiger partial charge in [-0.15, -0.1) is 0 Å². The molecule has 0 aromatic carbocycles. The standard InChI is InChI=1S/C45H80N2O50P4/c46-16-20(57)18(55)14(83-38(16)66)6-81-39-17(47)21(58)29(95-99(72,73)74)15(85-39)7-82-44(43(67)68)1-11(94-98(69,70)71)30(27(92-44)10(54)3-49)87-42-35(90-41-25(62)31(96-100(75,76)77)24(61)32(88-41)37(64)65)34(97-101(78,79)80)33(26(86-42)9(53)2-48)89-40-23(60)22(59)28(13(5-51)84-40)93-45(8-52)36(63)19(56)12(4-50)91-45/h9-36,38-42,48-63,66H,1-8,46-47H2,(H,64,65)(H,67,68)(H2,69,70,71)(H2,72,73,74)(H2,75,76,77)(H2,78,79,80)/t9-,10+,11+,12+,13+,14+,15+,16+,17+,18+,19+,20+,21+,22+,23+,24-,25+,26+,27+,28+,29+,30+,31-,32-,33+,34-,35-,36-,38-,39+,40-,41+,42+,44+,45-/m0/s1. The number of nitrogens with two attached hydrogens (primary N) is 2. The van der Waals surface area contributed by atoms with Crippen molar-refractivity contribution in [2.45, 2.75) is 220 Å². The fourth-order valence-electron chi connectivity index (χ4n) is 11.7. The minimum absolute atomic E-state index is 0.944. The SMILES string of the molecule is N[C@@H]1[C@@H](O)[C@H](O)[C@@H](CO[C@@H]2O[C@H](CO[C@]3(C(=O)O)C[C@@H](OP(=O)(O)O)[C@@H](O[C@H]4O[C@H]([C@@H](O)CO)[C@@H](O[C@@H]5O[C@H](CO)[C@@H](O[C@]6(CO)O[C@H](CO)[C@@H](O)[C@@H]6O)[C@H](O)[C@H]5O)[C@H](OP(=O)(O)O)[C@@H]4O[C@H]4O[C@H](C(=O)O)[C@@H](O)[C@H](OP(=O)(O)O)[C@H]4O)[C@@H]([C@H](O)CO)O3)[C@@H](OP(=O)(O)O)[C@H](O)[C@H]2N)O[C@@H]1O. The molecule has 0 aromatic rings. The van der Waals surface area contributed by atoms with Crippen molar-refractivity contribution < 1.29 is 244 Å². The molecule has 35 atom stereocenters. The van der Waals surface area contributed by atoms with Gasteiger partial charge in [0.1, 0.15) is 159 Å². The maximum Gasteiger partial charge on any atom is 0.470 e. The van der Waals surface area contributed by atoms with Crippen molar-refractivity contribution in [3.8, 4) is 0 Å². The summed E-state index contributed by atoms with van der Waals surface area (Å²) in [4.78, 5) is 107. The molecule has 0 bridgehead atoms. The number of phosphoric acid groups is 4. The van der Waals surface area contributed by atoms with E-state index in [4.69, 9.17) is 86.6 Å². The molecule has 0 saturated carbocycles. The van der Waals surface area contributed by atoms with E-state index >= 15 is 0 Å². The van der Waals surface area contributed by atoms with E-state index in [0.29, 0.717) is 0 Å². The van der Waals surface area contributed by atoms with E-state index in [1.54, 1.807) is 0 Å². The van der Waals surface area contributed by atoms with Crippen molar-refractivity contribution in [3.63, 3.8) is 0 Å². The van der Waals surface area contributed by atoms with E-state index in [-0.39, 0.29) is 0 Å². The highest BCUT2D eigenvalue weighted by atomic mass is 31.2. The lowest BCUT2D eigenvalue weighted by molar-refractivity contribution is -0.408. The number of ether oxygens (including phenoxy) is 13. The van der Waals surface area contributed by atoms with Crippen LogP contribution in [0.25, 0.3) is 0 Å². The molecule has 56 heteroatoms. The molecule has 0 amide bonds. The van der Waals surface area contributed by atoms with Crippen LogP contribution in [0.2, 0.25) is 0 Å². The topological polar surface area (TPSA) is 858 Å². The minimum Gasteiger partial charge on any atom is -0.479 e. The van der Waals surface area contributed by atoms with Crippen LogP contribution in [0.3, 0.4) is 0 Å². The number of carbonyl (C=O) groups is 2.